The molecule has 1 amide bonds. The topological polar surface area (TPSA) is 102 Å². The molecule has 206 valence electrons. The van der Waals surface area contributed by atoms with E-state index in [0.29, 0.717) is 23.5 Å². The molecule has 9 heteroatoms. The number of nitrogens with zero attached hydrogens (tertiary/aromatic N) is 3. The van der Waals surface area contributed by atoms with E-state index in [-0.39, 0.29) is 23.9 Å². The van der Waals surface area contributed by atoms with E-state index < -0.39 is 30.1 Å². The number of methoxy groups -OCH3 is 1. The highest BCUT2D eigenvalue weighted by atomic mass is 19.1. The molecule has 0 unspecified atom stereocenters. The predicted molar refractivity (Wildman–Crippen MR) is 146 cm³/mol. The Morgan fingerprint density at radius 2 is 1.79 bits per heavy atom. The summed E-state index contributed by atoms with van der Waals surface area (Å²) in [5.41, 5.74) is 4.00. The van der Waals surface area contributed by atoms with Crippen molar-refractivity contribution in [2.75, 3.05) is 14.2 Å². The number of hydrogen-bond acceptors (Lipinski definition) is 6. The van der Waals surface area contributed by atoms with Gasteiger partial charge in [0.25, 0.3) is 5.91 Å². The first-order valence-electron chi connectivity index (χ1n) is 12.6. The lowest BCUT2D eigenvalue weighted by Crippen LogP contribution is -2.28. The maximum absolute atomic E-state index is 13.7. The number of carbonyl (C=O) groups is 3. The molecule has 0 spiro atoms. The van der Waals surface area contributed by atoms with Gasteiger partial charge >= 0.3 is 5.97 Å². The molecule has 1 heterocycles. The van der Waals surface area contributed by atoms with Crippen molar-refractivity contribution in [3.05, 3.63) is 88.5 Å². The Morgan fingerprint density at radius 1 is 1.13 bits per heavy atom. The molecule has 1 aromatic heterocycles. The number of esters is 1. The van der Waals surface area contributed by atoms with E-state index in [1.54, 1.807) is 30.2 Å². The minimum absolute atomic E-state index is 0.136. The molecule has 0 aliphatic heterocycles. The van der Waals surface area contributed by atoms with Gasteiger partial charge in [0.05, 0.1) is 24.6 Å². The van der Waals surface area contributed by atoms with E-state index in [1.165, 1.54) is 30.0 Å². The summed E-state index contributed by atoms with van der Waals surface area (Å²) in [6.07, 6.45) is 1.13. The normalized spacial score (nSPS) is 12.1. The molecule has 1 N–H and O–H groups in total. The van der Waals surface area contributed by atoms with Crippen LogP contribution in [0.25, 0.3) is 11.8 Å². The number of benzene rings is 2. The zero-order chi connectivity index (χ0) is 28.7. The molecule has 0 fully saturated rings. The van der Waals surface area contributed by atoms with Gasteiger partial charge in [-0.25, -0.2) is 9.07 Å². The van der Waals surface area contributed by atoms with Crippen LogP contribution in [-0.4, -0.2) is 57.7 Å². The summed E-state index contributed by atoms with van der Waals surface area (Å²) in [6.45, 7) is 6.23. The Balaban J connectivity index is 2.01. The van der Waals surface area contributed by atoms with Crippen molar-refractivity contribution in [3.8, 4) is 5.69 Å². The monoisotopic (exact) mass is 535 g/mol. The molecule has 39 heavy (non-hydrogen) atoms. The van der Waals surface area contributed by atoms with Crippen molar-refractivity contribution >= 4 is 23.7 Å². The Hall–Kier alpha value is -4.11. The van der Waals surface area contributed by atoms with E-state index >= 15 is 0 Å². The Bertz CT molecular complexity index is 1360. The minimum atomic E-state index is -1.18. The van der Waals surface area contributed by atoms with Crippen LogP contribution >= 0.6 is 0 Å². The quantitative estimate of drug-likeness (QED) is 0.284. The van der Waals surface area contributed by atoms with Gasteiger partial charge in [-0.3, -0.25) is 14.4 Å². The molecule has 0 radical (unpaired) electrons. The standard InChI is InChI=1S/C30H34FN3O5/c1-19(2)28-26(15-14-24(35)16-25(36)17-27(37)39-5)34(23-12-10-22(31)11-13-23)32-29(28)30(38)33(4)18-21-9-7-6-8-20(21)3/h6-15,19,24,35H,16-18H2,1-5H3/b15-14+/t24-/m1/s1. The first-order chi connectivity index (χ1) is 18.5. The largest absolute Gasteiger partial charge is 0.469 e. The zero-order valence-corrected chi connectivity index (χ0v) is 22.8. The van der Waals surface area contributed by atoms with E-state index in [4.69, 9.17) is 0 Å². The van der Waals surface area contributed by atoms with Gasteiger partial charge in [-0.2, -0.15) is 5.10 Å². The third-order valence-corrected chi connectivity index (χ3v) is 6.31. The fraction of sp³-hybridized carbons (Fsp3) is 0.333. The van der Waals surface area contributed by atoms with E-state index in [2.05, 4.69) is 9.84 Å². The number of halogens is 1. The van der Waals surface area contributed by atoms with Crippen LogP contribution in [0.1, 0.15) is 65.5 Å². The summed E-state index contributed by atoms with van der Waals surface area (Å²) in [7, 11) is 2.90. The lowest BCUT2D eigenvalue weighted by molar-refractivity contribution is -0.143. The van der Waals surface area contributed by atoms with Gasteiger partial charge in [0.1, 0.15) is 18.0 Å². The second kappa shape index (κ2) is 13.1. The number of aromatic nitrogens is 2. The van der Waals surface area contributed by atoms with Gasteiger partial charge in [-0.15, -0.1) is 0 Å². The Kier molecular flexibility index (Phi) is 9.89. The Morgan fingerprint density at radius 3 is 2.41 bits per heavy atom. The van der Waals surface area contributed by atoms with Gasteiger partial charge in [0.15, 0.2) is 5.69 Å². The summed E-state index contributed by atoms with van der Waals surface area (Å²) >= 11 is 0. The number of amides is 1. The van der Waals surface area contributed by atoms with Crippen molar-refractivity contribution in [2.24, 2.45) is 0 Å². The van der Waals surface area contributed by atoms with E-state index in [9.17, 15) is 23.9 Å². The number of aliphatic hydroxyl groups excluding tert-OH is 1. The first kappa shape index (κ1) is 29.4. The van der Waals surface area contributed by atoms with Gasteiger partial charge in [-0.1, -0.05) is 44.2 Å². The third-order valence-electron chi connectivity index (χ3n) is 6.31. The molecule has 3 aromatic rings. The lowest BCUT2D eigenvalue weighted by Gasteiger charge is -2.19. The average Bonchev–Trinajstić information content (AvgIpc) is 3.28. The average molecular weight is 536 g/mol. The number of rotatable bonds is 11. The summed E-state index contributed by atoms with van der Waals surface area (Å²) in [6, 6.07) is 13.5. The molecular weight excluding hydrogens is 501 g/mol. The zero-order valence-electron chi connectivity index (χ0n) is 22.8. The van der Waals surface area contributed by atoms with Crippen molar-refractivity contribution in [2.45, 2.75) is 52.2 Å². The van der Waals surface area contributed by atoms with Gasteiger partial charge in [0.2, 0.25) is 0 Å². The van der Waals surface area contributed by atoms with Crippen LogP contribution in [-0.2, 0) is 20.9 Å². The highest BCUT2D eigenvalue weighted by molar-refractivity contribution is 5.96. The number of ether oxygens (including phenoxy) is 1. The molecule has 0 saturated heterocycles. The number of ketones is 1. The SMILES string of the molecule is COC(=O)CC(=O)C[C@H](O)/C=C/c1c(C(C)C)c(C(=O)N(C)Cc2ccccc2C)nn1-c1ccc(F)cc1. The second-order valence-electron chi connectivity index (χ2n) is 9.70. The number of aliphatic hydroxyl groups is 1. The minimum Gasteiger partial charge on any atom is -0.469 e. The summed E-state index contributed by atoms with van der Waals surface area (Å²) in [4.78, 5) is 38.7. The maximum atomic E-state index is 13.7. The van der Waals surface area contributed by atoms with Crippen LogP contribution in [0.4, 0.5) is 4.39 Å². The highest BCUT2D eigenvalue weighted by Crippen LogP contribution is 2.29. The first-order valence-corrected chi connectivity index (χ1v) is 12.6. The van der Waals surface area contributed by atoms with Gasteiger partial charge in [-0.05, 0) is 54.3 Å². The smallest absolute Gasteiger partial charge is 0.313 e. The molecule has 1 atom stereocenters. The number of carbonyl (C=O) groups excluding carboxylic acids is 3. The second-order valence-corrected chi connectivity index (χ2v) is 9.70. The van der Waals surface area contributed by atoms with Crippen LogP contribution in [0.15, 0.2) is 54.6 Å². The molecule has 3 rings (SSSR count). The van der Waals surface area contributed by atoms with Crippen molar-refractivity contribution in [3.63, 3.8) is 0 Å². The van der Waals surface area contributed by atoms with Crippen molar-refractivity contribution < 1.29 is 28.6 Å². The van der Waals surface area contributed by atoms with Crippen LogP contribution in [0.3, 0.4) is 0 Å². The van der Waals surface area contributed by atoms with Gasteiger partial charge < -0.3 is 14.7 Å². The maximum Gasteiger partial charge on any atom is 0.313 e. The van der Waals surface area contributed by atoms with Gasteiger partial charge in [0, 0.05) is 25.6 Å². The predicted octanol–water partition coefficient (Wildman–Crippen LogP) is 4.61. The summed E-state index contributed by atoms with van der Waals surface area (Å²) in [5, 5.41) is 15.1. The molecule has 8 nitrogen and oxygen atoms in total. The fourth-order valence-electron chi connectivity index (χ4n) is 4.21. The molecular formula is C30H34FN3O5. The molecule has 0 saturated carbocycles. The van der Waals surface area contributed by atoms with E-state index in [0.717, 1.165) is 11.1 Å². The van der Waals surface area contributed by atoms with E-state index in [1.807, 2.05) is 45.0 Å². The highest BCUT2D eigenvalue weighted by Gasteiger charge is 2.27. The molecule has 0 aliphatic rings. The molecule has 0 bridgehead atoms. The number of hydrogen-bond donors (Lipinski definition) is 1. The third kappa shape index (κ3) is 7.48. The summed E-state index contributed by atoms with van der Waals surface area (Å²) in [5.74, 6) is -1.98. The van der Waals surface area contributed by atoms with Crippen LogP contribution < -0.4 is 0 Å². The summed E-state index contributed by atoms with van der Waals surface area (Å²) < 4.78 is 19.7. The lowest BCUT2D eigenvalue weighted by atomic mass is 9.98. The van der Waals surface area contributed by atoms with Crippen LogP contribution in [0, 0.1) is 12.7 Å². The fourth-order valence-corrected chi connectivity index (χ4v) is 4.21. The number of Topliss-reactive ketones (excluding diaryl/α,β-unsaturated/α-hetero) is 1. The van der Waals surface area contributed by atoms with Crippen LogP contribution in [0.2, 0.25) is 0 Å². The Labute approximate surface area is 227 Å². The number of aryl methyl sites for hydroxylation is 1. The van der Waals surface area contributed by atoms with Crippen LogP contribution in [0.5, 0.6) is 0 Å². The van der Waals surface area contributed by atoms with Crippen molar-refractivity contribution in [1.29, 1.82) is 0 Å². The van der Waals surface area contributed by atoms with Crippen molar-refractivity contribution in [1.82, 2.24) is 14.7 Å². The molecule has 0 aliphatic carbocycles. The molecule has 2 aromatic carbocycles.